The quantitative estimate of drug-likeness (QED) is 0.233. The fourth-order valence-electron chi connectivity index (χ4n) is 5.59. The topological polar surface area (TPSA) is 9.86 Å². The van der Waals surface area contributed by atoms with Crippen LogP contribution < -0.4 is 0 Å². The number of aromatic nitrogens is 2. The van der Waals surface area contributed by atoms with Crippen LogP contribution in [0.15, 0.2) is 145 Å². The SMILES string of the molecule is [2H]c1cc([2H])c(-c2cccc(-n3c4ccccc4c4ccc(-n5c6ccccc6c6c([2H])c([2H])c([2H])c([2H])c65)cc43)c2)c([2H])c1. The van der Waals surface area contributed by atoms with Crippen molar-refractivity contribution in [2.75, 3.05) is 0 Å². The van der Waals surface area contributed by atoms with Crippen LogP contribution in [0.1, 0.15) is 9.60 Å². The van der Waals surface area contributed by atoms with Crippen LogP contribution in [-0.2, 0) is 0 Å². The van der Waals surface area contributed by atoms with Gasteiger partial charge >= 0.3 is 0 Å². The molecule has 2 heterocycles. The second-order valence-electron chi connectivity index (χ2n) is 9.30. The van der Waals surface area contributed by atoms with Gasteiger partial charge in [0.25, 0.3) is 0 Å². The summed E-state index contributed by atoms with van der Waals surface area (Å²) in [6.45, 7) is 0. The molecule has 0 N–H and O–H groups in total. The first-order chi connectivity index (χ1) is 21.7. The highest BCUT2D eigenvalue weighted by Crippen LogP contribution is 2.37. The zero-order chi connectivity index (χ0) is 31.1. The zero-order valence-electron chi connectivity index (χ0n) is 27.2. The Morgan fingerprint density at radius 2 is 1.05 bits per heavy atom. The van der Waals surface area contributed by atoms with E-state index in [2.05, 4.69) is 28.8 Å². The van der Waals surface area contributed by atoms with Gasteiger partial charge < -0.3 is 9.13 Å². The molecule has 0 fully saturated rings. The van der Waals surface area contributed by atoms with Crippen LogP contribution in [0.3, 0.4) is 0 Å². The Bertz CT molecular complexity index is 2500. The Hall–Kier alpha value is -5.08. The smallest absolute Gasteiger partial charge is 0.0645 e. The molecule has 6 aromatic carbocycles. The predicted molar refractivity (Wildman–Crippen MR) is 161 cm³/mol. The largest absolute Gasteiger partial charge is 0.309 e. The van der Waals surface area contributed by atoms with Crippen molar-refractivity contribution in [2.45, 2.75) is 0 Å². The summed E-state index contributed by atoms with van der Waals surface area (Å²) in [5, 5.41) is 3.31. The Balaban J connectivity index is 1.45. The van der Waals surface area contributed by atoms with Crippen LogP contribution in [0, 0.1) is 0 Å². The van der Waals surface area contributed by atoms with E-state index in [1.807, 2.05) is 71.3 Å². The van der Waals surface area contributed by atoms with E-state index >= 15 is 0 Å². The van der Waals surface area contributed by atoms with E-state index in [1.165, 1.54) is 12.1 Å². The van der Waals surface area contributed by atoms with Crippen molar-refractivity contribution in [2.24, 2.45) is 0 Å². The van der Waals surface area contributed by atoms with Crippen LogP contribution >= 0.6 is 0 Å². The number of nitrogens with zero attached hydrogens (tertiary/aromatic N) is 2. The van der Waals surface area contributed by atoms with E-state index in [1.54, 1.807) is 0 Å². The van der Waals surface area contributed by atoms with Gasteiger partial charge in [0.15, 0.2) is 0 Å². The van der Waals surface area contributed by atoms with E-state index in [0.29, 0.717) is 22.0 Å². The van der Waals surface area contributed by atoms with Crippen LogP contribution in [0.25, 0.3) is 66.1 Å². The van der Waals surface area contributed by atoms with E-state index in [9.17, 15) is 0 Å². The zero-order valence-corrected chi connectivity index (χ0v) is 20.2. The van der Waals surface area contributed by atoms with Crippen molar-refractivity contribution in [3.8, 4) is 22.5 Å². The van der Waals surface area contributed by atoms with Gasteiger partial charge in [-0.05, 0) is 53.6 Å². The Labute approximate surface area is 230 Å². The summed E-state index contributed by atoms with van der Waals surface area (Å²) < 4.78 is 63.3. The van der Waals surface area contributed by atoms with Gasteiger partial charge in [0.1, 0.15) is 0 Å². The second-order valence-corrected chi connectivity index (χ2v) is 9.30. The third kappa shape index (κ3) is 3.07. The molecule has 0 unspecified atom stereocenters. The molecule has 38 heavy (non-hydrogen) atoms. The highest BCUT2D eigenvalue weighted by Gasteiger charge is 2.16. The Morgan fingerprint density at radius 3 is 1.87 bits per heavy atom. The molecule has 0 saturated heterocycles. The van der Waals surface area contributed by atoms with Gasteiger partial charge in [-0.25, -0.2) is 0 Å². The first kappa shape index (κ1) is 15.2. The van der Waals surface area contributed by atoms with E-state index in [4.69, 9.17) is 9.60 Å². The summed E-state index contributed by atoms with van der Waals surface area (Å²) in [5.41, 5.74) is 5.86. The molecule has 8 rings (SSSR count). The third-order valence-corrected chi connectivity index (χ3v) is 7.21. The van der Waals surface area contributed by atoms with Gasteiger partial charge in [-0.2, -0.15) is 0 Å². The summed E-state index contributed by atoms with van der Waals surface area (Å²) in [4.78, 5) is 0. The number of fused-ring (bicyclic) bond motifs is 6. The summed E-state index contributed by atoms with van der Waals surface area (Å²) >= 11 is 0. The molecule has 2 heteroatoms. The normalized spacial score (nSPS) is 14.3. The maximum absolute atomic E-state index is 8.87. The molecule has 0 aliphatic carbocycles. The summed E-state index contributed by atoms with van der Waals surface area (Å²) in [7, 11) is 0. The highest BCUT2D eigenvalue weighted by molar-refractivity contribution is 6.12. The van der Waals surface area contributed by atoms with E-state index < -0.39 is 0 Å². The fourth-order valence-corrected chi connectivity index (χ4v) is 5.59. The molecule has 0 aliphatic heterocycles. The van der Waals surface area contributed by atoms with Crippen LogP contribution in [0.4, 0.5) is 0 Å². The summed E-state index contributed by atoms with van der Waals surface area (Å²) in [6, 6.07) is 32.2. The van der Waals surface area contributed by atoms with Crippen LogP contribution in [-0.4, -0.2) is 9.13 Å². The molecule has 0 amide bonds. The lowest BCUT2D eigenvalue weighted by Gasteiger charge is -2.12. The molecule has 8 aromatic rings. The van der Waals surface area contributed by atoms with Crippen LogP contribution in [0.2, 0.25) is 0 Å². The molecule has 2 aromatic heterocycles. The molecule has 0 aliphatic rings. The first-order valence-electron chi connectivity index (χ1n) is 16.0. The molecule has 0 spiro atoms. The van der Waals surface area contributed by atoms with Gasteiger partial charge in [-0.3, -0.25) is 0 Å². The van der Waals surface area contributed by atoms with Crippen molar-refractivity contribution in [3.05, 3.63) is 145 Å². The molecule has 2 nitrogen and oxygen atoms in total. The molecule has 0 bridgehead atoms. The van der Waals surface area contributed by atoms with E-state index in [0.717, 1.165) is 44.1 Å². The molecule has 178 valence electrons. The predicted octanol–water partition coefficient (Wildman–Crippen LogP) is 9.55. The standard InChI is InChI=1S/C36H24N2/c1-2-11-25(12-3-1)26-13-10-14-27(23-26)38-35-20-9-6-17-31(35)32-22-21-28(24-36(32)38)37-33-18-7-4-15-29(33)30-16-5-8-19-34(30)37/h1-24H/i1D,4D,7D,11D,12D,15D,18D. The van der Waals surface area contributed by atoms with Gasteiger partial charge in [0, 0.05) is 32.9 Å². The number of hydrogen-bond acceptors (Lipinski definition) is 0. The minimum atomic E-state index is -0.274. The fraction of sp³-hybridized carbons (Fsp3) is 0. The molecule has 0 atom stereocenters. The average Bonchev–Trinajstić information content (AvgIpc) is 3.55. The van der Waals surface area contributed by atoms with Crippen LogP contribution in [0.5, 0.6) is 0 Å². The van der Waals surface area contributed by atoms with Crippen molar-refractivity contribution in [3.63, 3.8) is 0 Å². The van der Waals surface area contributed by atoms with Gasteiger partial charge in [-0.15, -0.1) is 0 Å². The minimum Gasteiger partial charge on any atom is -0.309 e. The lowest BCUT2D eigenvalue weighted by Crippen LogP contribution is -1.97. The Morgan fingerprint density at radius 1 is 0.395 bits per heavy atom. The van der Waals surface area contributed by atoms with Crippen molar-refractivity contribution in [1.29, 1.82) is 0 Å². The Kier molecular flexibility index (Phi) is 3.30. The van der Waals surface area contributed by atoms with Gasteiger partial charge in [0.2, 0.25) is 0 Å². The number of benzene rings is 6. The maximum atomic E-state index is 8.87. The van der Waals surface area contributed by atoms with E-state index in [-0.39, 0.29) is 42.3 Å². The number of hydrogen-bond donors (Lipinski definition) is 0. The molecule has 0 radical (unpaired) electrons. The number of rotatable bonds is 3. The third-order valence-electron chi connectivity index (χ3n) is 7.21. The van der Waals surface area contributed by atoms with Crippen molar-refractivity contribution < 1.29 is 9.60 Å². The molecular weight excluding hydrogens is 460 g/mol. The lowest BCUT2D eigenvalue weighted by molar-refractivity contribution is 1.15. The summed E-state index contributed by atoms with van der Waals surface area (Å²) in [5.74, 6) is 0. The number of para-hydroxylation sites is 3. The second kappa shape index (κ2) is 8.22. The monoisotopic (exact) mass is 491 g/mol. The maximum Gasteiger partial charge on any atom is 0.0645 e. The van der Waals surface area contributed by atoms with Crippen molar-refractivity contribution in [1.82, 2.24) is 9.13 Å². The van der Waals surface area contributed by atoms with Gasteiger partial charge in [0.05, 0.1) is 31.7 Å². The summed E-state index contributed by atoms with van der Waals surface area (Å²) in [6.07, 6.45) is 0. The average molecular weight is 492 g/mol. The minimum absolute atomic E-state index is 0.0612. The molecular formula is C36H24N2. The lowest BCUT2D eigenvalue weighted by atomic mass is 10.1. The van der Waals surface area contributed by atoms with Crippen molar-refractivity contribution >= 4 is 43.6 Å². The van der Waals surface area contributed by atoms with Gasteiger partial charge in [-0.1, -0.05) is 103 Å². The molecule has 0 saturated carbocycles. The highest BCUT2D eigenvalue weighted by atomic mass is 15.0. The first-order valence-corrected chi connectivity index (χ1v) is 12.5.